The molecular weight excluding hydrogens is 186 g/mol. The van der Waals surface area contributed by atoms with E-state index in [1.807, 2.05) is 0 Å². The number of non-ortho nitro benzene ring substituents is 1. The van der Waals surface area contributed by atoms with Crippen LogP contribution in [0.4, 0.5) is 5.69 Å². The number of carbonyl (C=O) groups excluding carboxylic acids is 1. The Labute approximate surface area is 78.8 Å². The number of rotatable bonds is 1. The average molecular weight is 191 g/mol. The van der Waals surface area contributed by atoms with Gasteiger partial charge in [-0.05, 0) is 6.07 Å². The van der Waals surface area contributed by atoms with Gasteiger partial charge in [-0.25, -0.2) is 4.79 Å². The Morgan fingerprint density at radius 3 is 2.71 bits per heavy atom. The maximum atomic E-state index is 11.1. The molecule has 0 amide bonds. The lowest BCUT2D eigenvalue weighted by molar-refractivity contribution is -0.384. The van der Waals surface area contributed by atoms with Crippen LogP contribution in [0.15, 0.2) is 24.8 Å². The number of hydrogen-bond donors (Lipinski definition) is 0. The number of hydrogen-bond acceptors (Lipinski definition) is 4. The standard InChI is InChI=1S/C9H5NO4/c1-5-8-4-6(10(12)13)2-3-7(8)9(11)14-5/h2-4H,1H2. The van der Waals surface area contributed by atoms with Crippen LogP contribution in [0.2, 0.25) is 0 Å². The van der Waals surface area contributed by atoms with E-state index in [1.54, 1.807) is 0 Å². The van der Waals surface area contributed by atoms with E-state index in [9.17, 15) is 14.9 Å². The molecular formula is C9H5NO4. The fourth-order valence-corrected chi connectivity index (χ4v) is 1.28. The largest absolute Gasteiger partial charge is 0.423 e. The lowest BCUT2D eigenvalue weighted by atomic mass is 10.1. The molecule has 0 unspecified atom stereocenters. The molecule has 0 bridgehead atoms. The molecule has 70 valence electrons. The predicted octanol–water partition coefficient (Wildman–Crippen LogP) is 1.74. The minimum atomic E-state index is -0.531. The summed E-state index contributed by atoms with van der Waals surface area (Å²) in [6.07, 6.45) is 0. The van der Waals surface area contributed by atoms with Crippen molar-refractivity contribution in [1.82, 2.24) is 0 Å². The summed E-state index contributed by atoms with van der Waals surface area (Å²) in [7, 11) is 0. The van der Waals surface area contributed by atoms with E-state index in [0.717, 1.165) is 0 Å². The van der Waals surface area contributed by atoms with E-state index < -0.39 is 10.9 Å². The van der Waals surface area contributed by atoms with E-state index >= 15 is 0 Å². The van der Waals surface area contributed by atoms with Crippen LogP contribution in [0.3, 0.4) is 0 Å². The number of carbonyl (C=O) groups is 1. The maximum absolute atomic E-state index is 11.1. The molecule has 14 heavy (non-hydrogen) atoms. The Hall–Kier alpha value is -2.17. The van der Waals surface area contributed by atoms with Crippen molar-refractivity contribution < 1.29 is 14.5 Å². The van der Waals surface area contributed by atoms with Gasteiger partial charge >= 0.3 is 5.97 Å². The molecule has 1 aliphatic heterocycles. The van der Waals surface area contributed by atoms with Crippen LogP contribution >= 0.6 is 0 Å². The third-order valence-electron chi connectivity index (χ3n) is 1.95. The normalized spacial score (nSPS) is 13.7. The van der Waals surface area contributed by atoms with Crippen LogP contribution in [0, 0.1) is 10.1 Å². The second-order valence-corrected chi connectivity index (χ2v) is 2.80. The molecule has 0 fully saturated rings. The van der Waals surface area contributed by atoms with Crippen molar-refractivity contribution in [1.29, 1.82) is 0 Å². The highest BCUT2D eigenvalue weighted by Gasteiger charge is 2.26. The van der Waals surface area contributed by atoms with Crippen LogP contribution in [0.5, 0.6) is 0 Å². The smallest absolute Gasteiger partial charge is 0.344 e. The molecule has 1 aliphatic rings. The fraction of sp³-hybridized carbons (Fsp3) is 0. The van der Waals surface area contributed by atoms with Crippen molar-refractivity contribution >= 4 is 17.4 Å². The summed E-state index contributed by atoms with van der Waals surface area (Å²) in [5, 5.41) is 10.4. The molecule has 0 saturated heterocycles. The first-order valence-corrected chi connectivity index (χ1v) is 3.79. The second-order valence-electron chi connectivity index (χ2n) is 2.80. The van der Waals surface area contributed by atoms with Crippen LogP contribution < -0.4 is 0 Å². The van der Waals surface area contributed by atoms with Crippen molar-refractivity contribution in [2.45, 2.75) is 0 Å². The average Bonchev–Trinajstić information content (AvgIpc) is 2.42. The molecule has 2 rings (SSSR count). The Bertz CT molecular complexity index is 464. The summed E-state index contributed by atoms with van der Waals surface area (Å²) >= 11 is 0. The van der Waals surface area contributed by atoms with Gasteiger partial charge in [0.05, 0.1) is 10.5 Å². The molecule has 0 aromatic heterocycles. The summed E-state index contributed by atoms with van der Waals surface area (Å²) in [4.78, 5) is 21.0. The number of fused-ring (bicyclic) bond motifs is 1. The van der Waals surface area contributed by atoms with Crippen molar-refractivity contribution in [3.8, 4) is 0 Å². The molecule has 0 radical (unpaired) electrons. The molecule has 5 nitrogen and oxygen atoms in total. The molecule has 1 aromatic rings. The maximum Gasteiger partial charge on any atom is 0.344 e. The van der Waals surface area contributed by atoms with Crippen LogP contribution in [0.1, 0.15) is 15.9 Å². The van der Waals surface area contributed by atoms with E-state index in [-0.39, 0.29) is 11.4 Å². The van der Waals surface area contributed by atoms with Crippen molar-refractivity contribution in [2.75, 3.05) is 0 Å². The minimum Gasteiger partial charge on any atom is -0.423 e. The molecule has 1 heterocycles. The number of ether oxygens (including phenoxy) is 1. The zero-order valence-corrected chi connectivity index (χ0v) is 7.02. The third kappa shape index (κ3) is 1.06. The Kier molecular flexibility index (Phi) is 1.60. The van der Waals surface area contributed by atoms with Crippen molar-refractivity contribution in [2.24, 2.45) is 0 Å². The molecule has 1 aromatic carbocycles. The Morgan fingerprint density at radius 1 is 1.36 bits per heavy atom. The van der Waals surface area contributed by atoms with Gasteiger partial charge in [-0.3, -0.25) is 10.1 Å². The summed E-state index contributed by atoms with van der Waals surface area (Å²) in [6, 6.07) is 3.91. The van der Waals surface area contributed by atoms with Gasteiger partial charge in [-0.2, -0.15) is 0 Å². The monoisotopic (exact) mass is 191 g/mol. The van der Waals surface area contributed by atoms with Crippen molar-refractivity contribution in [3.05, 3.63) is 46.0 Å². The van der Waals surface area contributed by atoms with Crippen LogP contribution in [0.25, 0.3) is 5.76 Å². The van der Waals surface area contributed by atoms with E-state index in [4.69, 9.17) is 4.74 Å². The topological polar surface area (TPSA) is 69.4 Å². The second kappa shape index (κ2) is 2.66. The summed E-state index contributed by atoms with van der Waals surface area (Å²) < 4.78 is 4.71. The van der Waals surface area contributed by atoms with Gasteiger partial charge in [0.1, 0.15) is 5.76 Å². The zero-order valence-electron chi connectivity index (χ0n) is 7.02. The number of esters is 1. The highest BCUT2D eigenvalue weighted by atomic mass is 16.6. The SMILES string of the molecule is C=C1OC(=O)c2ccc([N+](=O)[O-])cc21. The molecule has 5 heteroatoms. The van der Waals surface area contributed by atoms with Crippen LogP contribution in [-0.2, 0) is 4.74 Å². The lowest BCUT2D eigenvalue weighted by Gasteiger charge is -1.94. The molecule has 0 saturated carbocycles. The first-order chi connectivity index (χ1) is 6.59. The fourth-order valence-electron chi connectivity index (χ4n) is 1.28. The Balaban J connectivity index is 2.61. The Morgan fingerprint density at radius 2 is 2.07 bits per heavy atom. The highest BCUT2D eigenvalue weighted by Crippen LogP contribution is 2.30. The number of benzene rings is 1. The predicted molar refractivity (Wildman–Crippen MR) is 47.5 cm³/mol. The van der Waals surface area contributed by atoms with Gasteiger partial charge in [-0.15, -0.1) is 0 Å². The number of nitro benzene ring substituents is 1. The van der Waals surface area contributed by atoms with Gasteiger partial charge in [0.2, 0.25) is 0 Å². The van der Waals surface area contributed by atoms with Gasteiger partial charge in [0.25, 0.3) is 5.69 Å². The van der Waals surface area contributed by atoms with Gasteiger partial charge < -0.3 is 4.74 Å². The van der Waals surface area contributed by atoms with E-state index in [1.165, 1.54) is 18.2 Å². The van der Waals surface area contributed by atoms with E-state index in [2.05, 4.69) is 6.58 Å². The van der Waals surface area contributed by atoms with Gasteiger partial charge in [0.15, 0.2) is 0 Å². The first kappa shape index (κ1) is 8.43. The number of nitro groups is 1. The van der Waals surface area contributed by atoms with Gasteiger partial charge in [-0.1, -0.05) is 6.58 Å². The summed E-state index contributed by atoms with van der Waals surface area (Å²) in [5.74, 6) is -0.353. The van der Waals surface area contributed by atoms with Crippen molar-refractivity contribution in [3.63, 3.8) is 0 Å². The lowest BCUT2D eigenvalue weighted by Crippen LogP contribution is -1.94. The molecule has 0 aliphatic carbocycles. The quantitative estimate of drug-likeness (QED) is 0.385. The molecule has 0 atom stereocenters. The van der Waals surface area contributed by atoms with Crippen LogP contribution in [-0.4, -0.2) is 10.9 Å². The van der Waals surface area contributed by atoms with Gasteiger partial charge in [0, 0.05) is 17.7 Å². The number of nitrogens with zero attached hydrogens (tertiary/aromatic N) is 1. The highest BCUT2D eigenvalue weighted by molar-refractivity contribution is 6.02. The minimum absolute atomic E-state index is 0.0804. The zero-order chi connectivity index (χ0) is 10.3. The first-order valence-electron chi connectivity index (χ1n) is 3.79. The molecule has 0 N–H and O–H groups in total. The van der Waals surface area contributed by atoms with E-state index in [0.29, 0.717) is 11.1 Å². The third-order valence-corrected chi connectivity index (χ3v) is 1.95. The summed E-state index contributed by atoms with van der Waals surface area (Å²) in [5.41, 5.74) is 0.632. The molecule has 0 spiro atoms. The number of cyclic esters (lactones) is 1. The summed E-state index contributed by atoms with van der Waals surface area (Å²) in [6.45, 7) is 3.48.